The summed E-state index contributed by atoms with van der Waals surface area (Å²) in [5, 5.41) is 22.3. The molecule has 2 rings (SSSR count). The van der Waals surface area contributed by atoms with Crippen molar-refractivity contribution in [1.82, 2.24) is 0 Å². The molecule has 3 N–H and O–H groups in total. The standard InChI is InChI=1S/C11H16O6S.CH2O3.Na.H/c1-10(2)7-3-4-11(10,8(12)5-7)6-18(15,16)17-9(13)14;2-1(3)4;;/h7H,3-6H2,1-2H3,(H,13,14);(H2,2,3,4);;. The van der Waals surface area contributed by atoms with Crippen LogP contribution in [0, 0.1) is 16.7 Å². The van der Waals surface area contributed by atoms with E-state index >= 15 is 0 Å². The molecule has 0 heterocycles. The molecule has 0 aromatic rings. The van der Waals surface area contributed by atoms with Crippen molar-refractivity contribution in [2.45, 2.75) is 33.1 Å². The third-order valence-corrected chi connectivity index (χ3v) is 6.00. The van der Waals surface area contributed by atoms with Gasteiger partial charge in [-0.1, -0.05) is 13.8 Å². The van der Waals surface area contributed by atoms with E-state index in [0.717, 1.165) is 6.42 Å². The number of hydrogen-bond donors (Lipinski definition) is 3. The molecule has 128 valence electrons. The van der Waals surface area contributed by atoms with Crippen LogP contribution < -0.4 is 0 Å². The molecule has 2 saturated carbocycles. The molecule has 0 aromatic carbocycles. The molecule has 23 heavy (non-hydrogen) atoms. The zero-order valence-electron chi connectivity index (χ0n) is 12.1. The molecular formula is C12H19NaO9S. The molecule has 2 fully saturated rings. The van der Waals surface area contributed by atoms with Gasteiger partial charge >= 0.3 is 52.0 Å². The molecule has 2 aliphatic carbocycles. The van der Waals surface area contributed by atoms with E-state index in [1.165, 1.54) is 0 Å². The first kappa shape index (κ1) is 22.2. The molecule has 0 radical (unpaired) electrons. The average Bonchev–Trinajstić information content (AvgIpc) is 2.59. The van der Waals surface area contributed by atoms with Gasteiger partial charge in [-0.15, -0.1) is 0 Å². The molecule has 2 bridgehead atoms. The van der Waals surface area contributed by atoms with Crippen LogP contribution >= 0.6 is 0 Å². The van der Waals surface area contributed by atoms with Crippen molar-refractivity contribution in [2.24, 2.45) is 16.7 Å². The van der Waals surface area contributed by atoms with Crippen LogP contribution in [0.25, 0.3) is 0 Å². The number of Topliss-reactive ketones (excluding diaryl/α,β-unsaturated/α-hetero) is 1. The van der Waals surface area contributed by atoms with Crippen molar-refractivity contribution in [3.63, 3.8) is 0 Å². The van der Waals surface area contributed by atoms with Gasteiger partial charge in [0.15, 0.2) is 0 Å². The number of hydrogen-bond acceptors (Lipinski definition) is 6. The van der Waals surface area contributed by atoms with Gasteiger partial charge in [0.05, 0.1) is 11.2 Å². The predicted molar refractivity (Wildman–Crippen MR) is 79.3 cm³/mol. The Morgan fingerprint density at radius 1 is 1.26 bits per heavy atom. The summed E-state index contributed by atoms with van der Waals surface area (Å²) in [6.45, 7) is 3.76. The van der Waals surface area contributed by atoms with E-state index in [2.05, 4.69) is 4.18 Å². The Morgan fingerprint density at radius 2 is 1.74 bits per heavy atom. The van der Waals surface area contributed by atoms with Gasteiger partial charge in [-0.25, -0.2) is 9.59 Å². The maximum atomic E-state index is 12.1. The number of carbonyl (C=O) groups excluding carboxylic acids is 1. The Kier molecular flexibility index (Phi) is 7.10. The Labute approximate surface area is 155 Å². The summed E-state index contributed by atoms with van der Waals surface area (Å²) in [5.41, 5.74) is -1.40. The van der Waals surface area contributed by atoms with Gasteiger partial charge in [-0.2, -0.15) is 8.42 Å². The van der Waals surface area contributed by atoms with Crippen molar-refractivity contribution >= 4 is 57.8 Å². The van der Waals surface area contributed by atoms with Crippen molar-refractivity contribution in [3.05, 3.63) is 0 Å². The first-order valence-corrected chi connectivity index (χ1v) is 8.02. The van der Waals surface area contributed by atoms with Crippen LogP contribution in [0.5, 0.6) is 0 Å². The fraction of sp³-hybridized carbons (Fsp3) is 0.750. The van der Waals surface area contributed by atoms with Gasteiger partial charge < -0.3 is 19.5 Å². The van der Waals surface area contributed by atoms with Crippen molar-refractivity contribution in [3.8, 4) is 0 Å². The summed E-state index contributed by atoms with van der Waals surface area (Å²) in [5.74, 6) is -0.430. The molecule has 9 nitrogen and oxygen atoms in total. The van der Waals surface area contributed by atoms with Crippen LogP contribution in [0.2, 0.25) is 0 Å². The van der Waals surface area contributed by atoms with Crippen molar-refractivity contribution < 1.29 is 42.3 Å². The van der Waals surface area contributed by atoms with E-state index < -0.39 is 39.0 Å². The van der Waals surface area contributed by atoms with Gasteiger partial charge in [-0.3, -0.25) is 4.79 Å². The molecule has 0 aromatic heterocycles. The van der Waals surface area contributed by atoms with E-state index in [-0.39, 0.29) is 41.3 Å². The average molecular weight is 362 g/mol. The second-order valence-electron chi connectivity index (χ2n) is 6.00. The number of carbonyl (C=O) groups is 3. The predicted octanol–water partition coefficient (Wildman–Crippen LogP) is 0.980. The van der Waals surface area contributed by atoms with Gasteiger partial charge in [0.1, 0.15) is 5.78 Å². The van der Waals surface area contributed by atoms with E-state index in [1.54, 1.807) is 0 Å². The van der Waals surface area contributed by atoms with Gasteiger partial charge in [0.25, 0.3) is 0 Å². The number of fused-ring (bicyclic) bond motifs is 2. The fourth-order valence-corrected chi connectivity index (χ4v) is 5.11. The number of rotatable bonds is 3. The Hall–Kier alpha value is -0.840. The van der Waals surface area contributed by atoms with Crippen LogP contribution in [-0.2, 0) is 19.1 Å². The number of carboxylic acid groups (broad SMARTS) is 3. The topological polar surface area (TPSA) is 155 Å². The molecule has 0 amide bonds. The molecule has 11 heteroatoms. The summed E-state index contributed by atoms with van der Waals surface area (Å²) >= 11 is 0. The second-order valence-corrected chi connectivity index (χ2v) is 7.57. The molecule has 0 saturated heterocycles. The molecule has 0 spiro atoms. The molecular weight excluding hydrogens is 343 g/mol. The Bertz CT molecular complexity index is 594. The maximum absolute atomic E-state index is 12.1. The van der Waals surface area contributed by atoms with E-state index in [9.17, 15) is 18.0 Å². The summed E-state index contributed by atoms with van der Waals surface area (Å²) in [6, 6.07) is 0. The van der Waals surface area contributed by atoms with Gasteiger partial charge in [0, 0.05) is 6.42 Å². The van der Waals surface area contributed by atoms with Crippen molar-refractivity contribution in [2.75, 3.05) is 5.75 Å². The van der Waals surface area contributed by atoms with Gasteiger partial charge in [0.2, 0.25) is 0 Å². The summed E-state index contributed by atoms with van der Waals surface area (Å²) < 4.78 is 27.2. The van der Waals surface area contributed by atoms with Crippen LogP contribution in [0.1, 0.15) is 33.1 Å². The SMILES string of the molecule is CC1(C)C2CCC1(CS(=O)(=O)OC(=O)O)C(=O)C2.O=C(O)O.[NaH]. The first-order chi connectivity index (χ1) is 9.84. The van der Waals surface area contributed by atoms with E-state index in [1.807, 2.05) is 13.8 Å². The fourth-order valence-electron chi connectivity index (χ4n) is 3.55. The minimum absolute atomic E-state index is 0. The van der Waals surface area contributed by atoms with Crippen LogP contribution in [0.3, 0.4) is 0 Å². The van der Waals surface area contributed by atoms with Crippen molar-refractivity contribution in [1.29, 1.82) is 0 Å². The zero-order valence-corrected chi connectivity index (χ0v) is 12.9. The summed E-state index contributed by atoms with van der Waals surface area (Å²) in [4.78, 5) is 31.0. The molecule has 2 unspecified atom stereocenters. The quantitative estimate of drug-likeness (QED) is 0.492. The normalized spacial score (nSPS) is 27.4. The molecule has 0 aliphatic heterocycles. The summed E-state index contributed by atoms with van der Waals surface area (Å²) in [6.07, 6.45) is -2.01. The third-order valence-electron chi connectivity index (χ3n) is 4.76. The Morgan fingerprint density at radius 3 is 2.04 bits per heavy atom. The minimum atomic E-state index is -4.23. The second kappa shape index (κ2) is 7.37. The molecule has 2 aliphatic rings. The first-order valence-electron chi connectivity index (χ1n) is 6.44. The summed E-state index contributed by atoms with van der Waals surface area (Å²) in [7, 11) is -4.23. The van der Waals surface area contributed by atoms with Crippen LogP contribution in [-0.4, -0.2) is 77.1 Å². The van der Waals surface area contributed by atoms with Gasteiger partial charge in [-0.05, 0) is 24.2 Å². The van der Waals surface area contributed by atoms with E-state index in [0.29, 0.717) is 12.8 Å². The van der Waals surface area contributed by atoms with Crippen LogP contribution in [0.15, 0.2) is 0 Å². The third kappa shape index (κ3) is 4.59. The van der Waals surface area contributed by atoms with E-state index in [4.69, 9.17) is 20.1 Å². The van der Waals surface area contributed by atoms with Crippen LogP contribution in [0.4, 0.5) is 9.59 Å². The number of ketones is 1. The Balaban J connectivity index is 0.000000871. The monoisotopic (exact) mass is 362 g/mol. The molecule has 2 atom stereocenters. The zero-order chi connectivity index (χ0) is 17.3.